The molecular weight excluding hydrogens is 244 g/mol. The summed E-state index contributed by atoms with van der Waals surface area (Å²) in [6.45, 7) is 0. The number of carbonyl (C=O) groups excluding carboxylic acids is 1. The number of carbonyl (C=O) groups is 1. The van der Waals surface area contributed by atoms with Gasteiger partial charge in [0.25, 0.3) is 0 Å². The summed E-state index contributed by atoms with van der Waals surface area (Å²) in [5.41, 5.74) is 4.54. The van der Waals surface area contributed by atoms with Crippen molar-refractivity contribution >= 4 is 5.78 Å². The molecule has 0 aromatic heterocycles. The fourth-order valence-electron chi connectivity index (χ4n) is 4.76. The van der Waals surface area contributed by atoms with E-state index < -0.39 is 0 Å². The molecule has 0 heterocycles. The van der Waals surface area contributed by atoms with Crippen LogP contribution in [0.1, 0.15) is 62.8 Å². The summed E-state index contributed by atoms with van der Waals surface area (Å²) >= 11 is 0. The van der Waals surface area contributed by atoms with E-state index in [4.69, 9.17) is 0 Å². The lowest BCUT2D eigenvalue weighted by Crippen LogP contribution is -2.23. The van der Waals surface area contributed by atoms with Gasteiger partial charge in [-0.3, -0.25) is 4.79 Å². The minimum absolute atomic E-state index is 0.389. The van der Waals surface area contributed by atoms with Crippen molar-refractivity contribution in [2.45, 2.75) is 57.3 Å². The molecule has 3 aliphatic rings. The average molecular weight is 266 g/mol. The fourth-order valence-corrected chi connectivity index (χ4v) is 4.76. The molecule has 0 bridgehead atoms. The first kappa shape index (κ1) is 12.4. The lowest BCUT2D eigenvalue weighted by Gasteiger charge is -2.35. The molecule has 4 rings (SSSR count). The van der Waals surface area contributed by atoms with E-state index in [2.05, 4.69) is 30.3 Å². The monoisotopic (exact) mass is 266 g/mol. The highest BCUT2D eigenvalue weighted by Gasteiger charge is 2.46. The SMILES string of the molecule is O=C1CC(c2ccccc2)C2=C1CC1(CCCCC1)C2. The van der Waals surface area contributed by atoms with Crippen LogP contribution < -0.4 is 0 Å². The second kappa shape index (κ2) is 4.58. The smallest absolute Gasteiger partial charge is 0.159 e. The van der Waals surface area contributed by atoms with Crippen molar-refractivity contribution in [2.24, 2.45) is 5.41 Å². The lowest BCUT2D eigenvalue weighted by molar-refractivity contribution is -0.115. The van der Waals surface area contributed by atoms with Gasteiger partial charge in [0.1, 0.15) is 0 Å². The molecule has 1 nitrogen and oxygen atoms in total. The molecule has 1 spiro atoms. The topological polar surface area (TPSA) is 17.1 Å². The highest BCUT2D eigenvalue weighted by molar-refractivity contribution is 6.01. The summed E-state index contributed by atoms with van der Waals surface area (Å²) in [4.78, 5) is 12.4. The number of ketones is 1. The number of benzene rings is 1. The standard InChI is InChI=1S/C19H22O/c20-18-11-15(14-7-3-1-4-8-14)16-12-19(13-17(16)18)9-5-2-6-10-19/h1,3-4,7-8,15H,2,5-6,9-13H2. The molecule has 3 aliphatic carbocycles. The molecule has 1 saturated carbocycles. The van der Waals surface area contributed by atoms with Crippen molar-refractivity contribution in [3.8, 4) is 0 Å². The van der Waals surface area contributed by atoms with Gasteiger partial charge in [-0.2, -0.15) is 0 Å². The molecule has 0 amide bonds. The van der Waals surface area contributed by atoms with Crippen LogP contribution in [-0.4, -0.2) is 5.78 Å². The minimum atomic E-state index is 0.389. The maximum absolute atomic E-state index is 12.4. The van der Waals surface area contributed by atoms with Crippen LogP contribution in [0.3, 0.4) is 0 Å². The van der Waals surface area contributed by atoms with Crippen LogP contribution in [0.25, 0.3) is 0 Å². The van der Waals surface area contributed by atoms with Gasteiger partial charge < -0.3 is 0 Å². The second-order valence-electron chi connectivity index (χ2n) is 7.01. The van der Waals surface area contributed by atoms with Crippen molar-refractivity contribution in [3.05, 3.63) is 47.0 Å². The largest absolute Gasteiger partial charge is 0.295 e. The summed E-state index contributed by atoms with van der Waals surface area (Å²) in [5.74, 6) is 0.830. The second-order valence-corrected chi connectivity index (χ2v) is 7.01. The Kier molecular flexibility index (Phi) is 2.83. The van der Waals surface area contributed by atoms with Crippen LogP contribution >= 0.6 is 0 Å². The van der Waals surface area contributed by atoms with Gasteiger partial charge in [0.2, 0.25) is 0 Å². The van der Waals surface area contributed by atoms with Crippen molar-refractivity contribution < 1.29 is 4.79 Å². The third-order valence-electron chi connectivity index (χ3n) is 5.77. The molecule has 0 N–H and O–H groups in total. The first-order valence-electron chi connectivity index (χ1n) is 8.08. The van der Waals surface area contributed by atoms with E-state index in [-0.39, 0.29) is 0 Å². The number of rotatable bonds is 1. The predicted molar refractivity (Wildman–Crippen MR) is 80.6 cm³/mol. The number of hydrogen-bond acceptors (Lipinski definition) is 1. The Bertz CT molecular complexity index is 561. The highest BCUT2D eigenvalue weighted by Crippen LogP contribution is 2.57. The predicted octanol–water partition coefficient (Wildman–Crippen LogP) is 4.78. The molecule has 0 saturated heterocycles. The van der Waals surface area contributed by atoms with Crippen molar-refractivity contribution in [1.29, 1.82) is 0 Å². The van der Waals surface area contributed by atoms with Gasteiger partial charge in [-0.1, -0.05) is 55.2 Å². The van der Waals surface area contributed by atoms with Gasteiger partial charge in [0.05, 0.1) is 0 Å². The van der Waals surface area contributed by atoms with E-state index in [1.165, 1.54) is 55.2 Å². The summed E-state index contributed by atoms with van der Waals surface area (Å²) in [7, 11) is 0. The zero-order valence-corrected chi connectivity index (χ0v) is 12.0. The third kappa shape index (κ3) is 1.87. The van der Waals surface area contributed by atoms with Gasteiger partial charge in [-0.15, -0.1) is 0 Å². The lowest BCUT2D eigenvalue weighted by atomic mass is 9.69. The molecule has 1 heteroatoms. The van der Waals surface area contributed by atoms with Crippen molar-refractivity contribution in [1.82, 2.24) is 0 Å². The van der Waals surface area contributed by atoms with Gasteiger partial charge in [0.15, 0.2) is 5.78 Å². The molecule has 1 aromatic carbocycles. The highest BCUT2D eigenvalue weighted by atomic mass is 16.1. The minimum Gasteiger partial charge on any atom is -0.295 e. The van der Waals surface area contributed by atoms with Crippen LogP contribution in [0.2, 0.25) is 0 Å². The van der Waals surface area contributed by atoms with Gasteiger partial charge >= 0.3 is 0 Å². The molecule has 0 radical (unpaired) electrons. The van der Waals surface area contributed by atoms with E-state index in [0.29, 0.717) is 17.1 Å². The van der Waals surface area contributed by atoms with Gasteiger partial charge in [-0.05, 0) is 42.2 Å². The van der Waals surface area contributed by atoms with E-state index >= 15 is 0 Å². The van der Waals surface area contributed by atoms with Crippen LogP contribution in [0, 0.1) is 5.41 Å². The average Bonchev–Trinajstić information content (AvgIpc) is 2.98. The number of Topliss-reactive ketones (excluding diaryl/α,β-unsaturated/α-hetero) is 1. The Labute approximate surface area is 121 Å². The van der Waals surface area contributed by atoms with E-state index in [1.54, 1.807) is 0 Å². The maximum atomic E-state index is 12.4. The first-order chi connectivity index (χ1) is 9.77. The number of hydrogen-bond donors (Lipinski definition) is 0. The molecule has 20 heavy (non-hydrogen) atoms. The molecule has 1 aromatic rings. The zero-order chi connectivity index (χ0) is 13.6. The Morgan fingerprint density at radius 1 is 0.950 bits per heavy atom. The first-order valence-corrected chi connectivity index (χ1v) is 8.08. The van der Waals surface area contributed by atoms with E-state index in [9.17, 15) is 4.79 Å². The van der Waals surface area contributed by atoms with Crippen LogP contribution in [0.15, 0.2) is 41.5 Å². The molecule has 1 fully saturated rings. The summed E-state index contributed by atoms with van der Waals surface area (Å²) < 4.78 is 0. The summed E-state index contributed by atoms with van der Waals surface area (Å²) in [5, 5.41) is 0. The Morgan fingerprint density at radius 2 is 1.70 bits per heavy atom. The van der Waals surface area contributed by atoms with Gasteiger partial charge in [-0.25, -0.2) is 0 Å². The molecular formula is C19H22O. The maximum Gasteiger partial charge on any atom is 0.159 e. The van der Waals surface area contributed by atoms with E-state index in [0.717, 1.165) is 12.8 Å². The zero-order valence-electron chi connectivity index (χ0n) is 12.0. The van der Waals surface area contributed by atoms with Crippen molar-refractivity contribution in [2.75, 3.05) is 0 Å². The normalized spacial score (nSPS) is 28.2. The Morgan fingerprint density at radius 3 is 2.45 bits per heavy atom. The molecule has 0 aliphatic heterocycles. The summed E-state index contributed by atoms with van der Waals surface area (Å²) in [6, 6.07) is 10.7. The van der Waals surface area contributed by atoms with Crippen molar-refractivity contribution in [3.63, 3.8) is 0 Å². The van der Waals surface area contributed by atoms with Crippen LogP contribution in [0.5, 0.6) is 0 Å². The van der Waals surface area contributed by atoms with Gasteiger partial charge in [0, 0.05) is 12.3 Å². The fraction of sp³-hybridized carbons (Fsp3) is 0.526. The summed E-state index contributed by atoms with van der Waals surface area (Å²) in [6.07, 6.45) is 9.82. The number of allylic oxidation sites excluding steroid dienone is 2. The Balaban J connectivity index is 1.65. The third-order valence-corrected chi connectivity index (χ3v) is 5.77. The molecule has 1 unspecified atom stereocenters. The van der Waals surface area contributed by atoms with E-state index in [1.807, 2.05) is 0 Å². The Hall–Kier alpha value is -1.37. The molecule has 104 valence electrons. The van der Waals surface area contributed by atoms with Crippen LogP contribution in [0.4, 0.5) is 0 Å². The van der Waals surface area contributed by atoms with Crippen LogP contribution in [-0.2, 0) is 4.79 Å². The quantitative estimate of drug-likeness (QED) is 0.714. The molecule has 1 atom stereocenters.